The number of carbonyl (C=O) groups excluding carboxylic acids is 2. The number of methoxy groups -OCH3 is 1. The van der Waals surface area contributed by atoms with Gasteiger partial charge in [-0.3, -0.25) is 20.4 Å². The molecule has 0 saturated carbocycles. The van der Waals surface area contributed by atoms with Crippen molar-refractivity contribution in [1.82, 2.24) is 10.9 Å². The maximum atomic E-state index is 13.9. The van der Waals surface area contributed by atoms with Gasteiger partial charge in [-0.05, 0) is 56.3 Å². The molecule has 8 heteroatoms. The van der Waals surface area contributed by atoms with Crippen molar-refractivity contribution in [2.45, 2.75) is 26.4 Å². The van der Waals surface area contributed by atoms with Crippen molar-refractivity contribution < 1.29 is 28.0 Å². The van der Waals surface area contributed by atoms with Crippen LogP contribution in [0.2, 0.25) is 0 Å². The van der Waals surface area contributed by atoms with E-state index in [-0.39, 0.29) is 17.2 Å². The molecule has 2 aromatic rings. The Kier molecular flexibility index (Phi) is 7.45. The van der Waals surface area contributed by atoms with Gasteiger partial charge in [0.05, 0.1) is 13.7 Å². The van der Waals surface area contributed by atoms with Gasteiger partial charge in [0.25, 0.3) is 11.8 Å². The molecule has 0 aromatic heterocycles. The van der Waals surface area contributed by atoms with Crippen LogP contribution in [0.25, 0.3) is 0 Å². The Labute approximate surface area is 162 Å². The highest BCUT2D eigenvalue weighted by molar-refractivity contribution is 5.95. The molecule has 3 N–H and O–H groups in total. The monoisotopic (exact) mass is 392 g/mol. The van der Waals surface area contributed by atoms with Crippen molar-refractivity contribution in [3.05, 3.63) is 65.2 Å². The summed E-state index contributed by atoms with van der Waals surface area (Å²) in [5.41, 5.74) is 5.65. The number of halogens is 2. The number of amides is 2. The van der Waals surface area contributed by atoms with Gasteiger partial charge in [-0.2, -0.15) is 0 Å². The van der Waals surface area contributed by atoms with E-state index >= 15 is 0 Å². The van der Waals surface area contributed by atoms with Crippen molar-refractivity contribution in [1.29, 1.82) is 0 Å². The van der Waals surface area contributed by atoms with E-state index in [4.69, 9.17) is 4.74 Å². The van der Waals surface area contributed by atoms with E-state index in [2.05, 4.69) is 10.9 Å². The molecule has 0 aliphatic heterocycles. The fourth-order valence-electron chi connectivity index (χ4n) is 2.75. The molecule has 2 rings (SSSR count). The van der Waals surface area contributed by atoms with Crippen molar-refractivity contribution >= 4 is 11.8 Å². The summed E-state index contributed by atoms with van der Waals surface area (Å²) < 4.78 is 31.7. The van der Waals surface area contributed by atoms with Gasteiger partial charge in [0, 0.05) is 11.1 Å². The summed E-state index contributed by atoms with van der Waals surface area (Å²) in [4.78, 5) is 25.3. The lowest BCUT2D eigenvalue weighted by Crippen LogP contribution is -3.15. The SMILES string of the molecule is CC[NH+](Cc1ccc(OC)c(F)c1)[C@H](C)C(=O)NNC(=O)c1ccc(F)cc1. The number of ether oxygens (including phenoxy) is 1. The average Bonchev–Trinajstić information content (AvgIpc) is 2.70. The third-order valence-corrected chi connectivity index (χ3v) is 4.51. The number of carbonyl (C=O) groups is 2. The first-order chi connectivity index (χ1) is 13.3. The zero-order valence-corrected chi connectivity index (χ0v) is 16.0. The largest absolute Gasteiger partial charge is 0.494 e. The quantitative estimate of drug-likeness (QED) is 0.621. The van der Waals surface area contributed by atoms with E-state index in [0.717, 1.165) is 22.6 Å². The Morgan fingerprint density at radius 2 is 1.79 bits per heavy atom. The van der Waals surface area contributed by atoms with E-state index in [1.165, 1.54) is 25.3 Å². The zero-order valence-electron chi connectivity index (χ0n) is 16.0. The molecule has 0 bridgehead atoms. The lowest BCUT2D eigenvalue weighted by molar-refractivity contribution is -0.926. The van der Waals surface area contributed by atoms with Gasteiger partial charge >= 0.3 is 0 Å². The van der Waals surface area contributed by atoms with Gasteiger partial charge in [-0.15, -0.1) is 0 Å². The van der Waals surface area contributed by atoms with Crippen LogP contribution in [0, 0.1) is 11.6 Å². The second-order valence-corrected chi connectivity index (χ2v) is 6.33. The van der Waals surface area contributed by atoms with Crippen LogP contribution in [-0.4, -0.2) is 31.5 Å². The van der Waals surface area contributed by atoms with Gasteiger partial charge in [0.1, 0.15) is 12.4 Å². The van der Waals surface area contributed by atoms with Crippen molar-refractivity contribution in [2.75, 3.05) is 13.7 Å². The van der Waals surface area contributed by atoms with E-state index in [0.29, 0.717) is 13.1 Å². The number of likely N-dealkylation sites (N-methyl/N-ethyl adjacent to an activating group) is 1. The third kappa shape index (κ3) is 5.50. The van der Waals surface area contributed by atoms with Gasteiger partial charge in [-0.1, -0.05) is 0 Å². The first-order valence-corrected chi connectivity index (χ1v) is 8.88. The lowest BCUT2D eigenvalue weighted by Gasteiger charge is -2.24. The summed E-state index contributed by atoms with van der Waals surface area (Å²) in [7, 11) is 1.40. The van der Waals surface area contributed by atoms with Crippen LogP contribution in [-0.2, 0) is 11.3 Å². The Hall–Kier alpha value is -3.00. The molecule has 150 valence electrons. The van der Waals surface area contributed by atoms with Crippen LogP contribution in [0.3, 0.4) is 0 Å². The van der Waals surface area contributed by atoms with Gasteiger partial charge < -0.3 is 9.64 Å². The van der Waals surface area contributed by atoms with Crippen LogP contribution < -0.4 is 20.5 Å². The highest BCUT2D eigenvalue weighted by atomic mass is 19.1. The van der Waals surface area contributed by atoms with Gasteiger partial charge in [-0.25, -0.2) is 8.78 Å². The fraction of sp³-hybridized carbons (Fsp3) is 0.300. The number of benzene rings is 2. The molecule has 0 fully saturated rings. The minimum atomic E-state index is -0.546. The zero-order chi connectivity index (χ0) is 20.7. The Morgan fingerprint density at radius 1 is 1.11 bits per heavy atom. The number of hydrogen-bond donors (Lipinski definition) is 3. The fourth-order valence-corrected chi connectivity index (χ4v) is 2.75. The topological polar surface area (TPSA) is 71.9 Å². The minimum Gasteiger partial charge on any atom is -0.494 e. The van der Waals surface area contributed by atoms with E-state index in [1.54, 1.807) is 19.1 Å². The van der Waals surface area contributed by atoms with Crippen LogP contribution in [0.5, 0.6) is 5.75 Å². The van der Waals surface area contributed by atoms with Crippen LogP contribution in [0.4, 0.5) is 8.78 Å². The second-order valence-electron chi connectivity index (χ2n) is 6.33. The van der Waals surface area contributed by atoms with Crippen molar-refractivity contribution in [3.8, 4) is 5.75 Å². The molecule has 2 amide bonds. The predicted octanol–water partition coefficient (Wildman–Crippen LogP) is 1.23. The third-order valence-electron chi connectivity index (χ3n) is 4.51. The van der Waals surface area contributed by atoms with E-state index < -0.39 is 23.6 Å². The molecule has 2 aromatic carbocycles. The molecule has 0 aliphatic rings. The molecule has 0 radical (unpaired) electrons. The second kappa shape index (κ2) is 9.80. The molecule has 2 atom stereocenters. The normalized spacial score (nSPS) is 12.8. The maximum Gasteiger partial charge on any atom is 0.296 e. The summed E-state index contributed by atoms with van der Waals surface area (Å²) in [5.74, 6) is -1.68. The highest BCUT2D eigenvalue weighted by Crippen LogP contribution is 2.17. The number of hydrogen-bond acceptors (Lipinski definition) is 3. The Morgan fingerprint density at radius 3 is 2.36 bits per heavy atom. The first-order valence-electron chi connectivity index (χ1n) is 8.88. The molecule has 28 heavy (non-hydrogen) atoms. The Balaban J connectivity index is 1.94. The highest BCUT2D eigenvalue weighted by Gasteiger charge is 2.25. The molecular formula is C20H24F2N3O3+. The minimum absolute atomic E-state index is 0.163. The average molecular weight is 392 g/mol. The molecule has 1 unspecified atom stereocenters. The van der Waals surface area contributed by atoms with E-state index in [9.17, 15) is 18.4 Å². The Bertz CT molecular complexity index is 828. The van der Waals surface area contributed by atoms with Gasteiger partial charge in [0.2, 0.25) is 0 Å². The summed E-state index contributed by atoms with van der Waals surface area (Å²) in [6, 6.07) is 9.15. The summed E-state index contributed by atoms with van der Waals surface area (Å²) >= 11 is 0. The molecule has 6 nitrogen and oxygen atoms in total. The summed E-state index contributed by atoms with van der Waals surface area (Å²) in [6.07, 6.45) is 0. The standard InChI is InChI=1S/C20H23F2N3O3/c1-4-25(12-14-5-10-18(28-3)17(22)11-14)13(2)19(26)23-24-20(27)15-6-8-16(21)9-7-15/h5-11,13H,4,12H2,1-3H3,(H,23,26)(H,24,27)/p+1/t13-/m1/s1. The number of nitrogens with one attached hydrogen (secondary N) is 3. The molecule has 0 heterocycles. The van der Waals surface area contributed by atoms with Crippen molar-refractivity contribution in [3.63, 3.8) is 0 Å². The predicted molar refractivity (Wildman–Crippen MR) is 99.6 cm³/mol. The molecule has 0 saturated heterocycles. The van der Waals surface area contributed by atoms with E-state index in [1.807, 2.05) is 6.92 Å². The molecule has 0 spiro atoms. The molecular weight excluding hydrogens is 368 g/mol. The van der Waals surface area contributed by atoms with Crippen LogP contribution >= 0.6 is 0 Å². The van der Waals surface area contributed by atoms with Crippen molar-refractivity contribution in [2.24, 2.45) is 0 Å². The first kappa shape index (κ1) is 21.3. The van der Waals surface area contributed by atoms with Crippen LogP contribution in [0.15, 0.2) is 42.5 Å². The summed E-state index contributed by atoms with van der Waals surface area (Å²) in [5, 5.41) is 0. The van der Waals surface area contributed by atoms with Gasteiger partial charge in [0.15, 0.2) is 17.6 Å². The van der Waals surface area contributed by atoms with Crippen LogP contribution in [0.1, 0.15) is 29.8 Å². The molecule has 0 aliphatic carbocycles. The summed E-state index contributed by atoms with van der Waals surface area (Å²) in [6.45, 7) is 4.68. The maximum absolute atomic E-state index is 13.9. The smallest absolute Gasteiger partial charge is 0.296 e. The number of rotatable bonds is 7. The lowest BCUT2D eigenvalue weighted by atomic mass is 10.1. The number of hydrazine groups is 1. The number of quaternary nitrogens is 1.